The van der Waals surface area contributed by atoms with Crippen LogP contribution in [0.4, 0.5) is 5.69 Å². The van der Waals surface area contributed by atoms with Crippen LogP contribution in [0.5, 0.6) is 0 Å². The van der Waals surface area contributed by atoms with Gasteiger partial charge in [0.15, 0.2) is 0 Å². The molecule has 0 aliphatic heterocycles. The van der Waals surface area contributed by atoms with E-state index in [2.05, 4.69) is 4.72 Å². The predicted octanol–water partition coefficient (Wildman–Crippen LogP) is 2.47. The first-order valence-electron chi connectivity index (χ1n) is 6.94. The van der Waals surface area contributed by atoms with Crippen molar-refractivity contribution < 1.29 is 17.9 Å². The van der Waals surface area contributed by atoms with E-state index in [-0.39, 0.29) is 13.1 Å². The lowest BCUT2D eigenvalue weighted by Gasteiger charge is -2.23. The topological polar surface area (TPSA) is 72.5 Å². The first-order valence-corrected chi connectivity index (χ1v) is 8.49. The summed E-state index contributed by atoms with van der Waals surface area (Å²) in [5, 5.41) is -0.830. The minimum atomic E-state index is -3.65. The molecule has 1 unspecified atom stereocenters. The Hall–Kier alpha value is -1.82. The fourth-order valence-electron chi connectivity index (χ4n) is 2.42. The SMILES string of the molecule is O=COCC(C1=CCCCC1)S(=O)(=O)Nc1ccccc1. The number of anilines is 1. The molecule has 0 saturated carbocycles. The number of hydrogen-bond donors (Lipinski definition) is 1. The number of para-hydroxylation sites is 1. The standard InChI is InChI=1S/C15H19NO4S/c17-12-20-11-15(13-7-3-1-4-8-13)21(18,19)16-14-9-5-2-6-10-14/h2,5-7,9-10,12,15-16H,1,3-4,8,11H2. The zero-order valence-electron chi connectivity index (χ0n) is 11.7. The number of hydrogen-bond acceptors (Lipinski definition) is 4. The normalized spacial score (nSPS) is 16.7. The molecule has 1 aromatic carbocycles. The second kappa shape index (κ2) is 7.26. The number of carbonyl (C=O) groups excluding carboxylic acids is 1. The van der Waals surface area contributed by atoms with E-state index < -0.39 is 15.3 Å². The summed E-state index contributed by atoms with van der Waals surface area (Å²) in [5.74, 6) is 0. The highest BCUT2D eigenvalue weighted by atomic mass is 32.2. The third-order valence-electron chi connectivity index (χ3n) is 3.46. The van der Waals surface area contributed by atoms with Gasteiger partial charge < -0.3 is 4.74 Å². The zero-order chi connectivity index (χ0) is 15.1. The van der Waals surface area contributed by atoms with Crippen molar-refractivity contribution in [2.24, 2.45) is 0 Å². The smallest absolute Gasteiger partial charge is 0.293 e. The monoisotopic (exact) mass is 309 g/mol. The Morgan fingerprint density at radius 3 is 2.62 bits per heavy atom. The third-order valence-corrected chi connectivity index (χ3v) is 5.17. The van der Waals surface area contributed by atoms with Gasteiger partial charge in [0.1, 0.15) is 11.9 Å². The molecule has 1 aliphatic rings. The fraction of sp³-hybridized carbons (Fsp3) is 0.400. The van der Waals surface area contributed by atoms with Gasteiger partial charge in [0.05, 0.1) is 0 Å². The Kier molecular flexibility index (Phi) is 5.38. The van der Waals surface area contributed by atoms with Crippen molar-refractivity contribution in [1.82, 2.24) is 0 Å². The maximum absolute atomic E-state index is 12.6. The number of ether oxygens (including phenoxy) is 1. The molecular weight excluding hydrogens is 290 g/mol. The van der Waals surface area contributed by atoms with E-state index in [0.29, 0.717) is 5.69 Å². The van der Waals surface area contributed by atoms with E-state index >= 15 is 0 Å². The van der Waals surface area contributed by atoms with Crippen molar-refractivity contribution >= 4 is 22.2 Å². The molecule has 1 aromatic rings. The molecule has 0 radical (unpaired) electrons. The molecule has 0 spiro atoms. The van der Waals surface area contributed by atoms with E-state index in [0.717, 1.165) is 31.3 Å². The van der Waals surface area contributed by atoms with Gasteiger partial charge in [0, 0.05) is 5.69 Å². The second-order valence-corrected chi connectivity index (χ2v) is 6.82. The van der Waals surface area contributed by atoms with Gasteiger partial charge in [-0.25, -0.2) is 8.42 Å². The van der Waals surface area contributed by atoms with Crippen LogP contribution >= 0.6 is 0 Å². The summed E-state index contributed by atoms with van der Waals surface area (Å²) in [4.78, 5) is 10.4. The highest BCUT2D eigenvalue weighted by Crippen LogP contribution is 2.26. The molecule has 0 saturated heterocycles. The average molecular weight is 309 g/mol. The van der Waals surface area contributed by atoms with Crippen LogP contribution in [0.15, 0.2) is 42.0 Å². The molecule has 0 amide bonds. The van der Waals surface area contributed by atoms with Gasteiger partial charge >= 0.3 is 0 Å². The van der Waals surface area contributed by atoms with Gasteiger partial charge in [-0.1, -0.05) is 29.8 Å². The number of sulfonamides is 1. The van der Waals surface area contributed by atoms with Gasteiger partial charge in [0.2, 0.25) is 10.0 Å². The first-order chi connectivity index (χ1) is 10.1. The maximum Gasteiger partial charge on any atom is 0.293 e. The molecule has 0 bridgehead atoms. The van der Waals surface area contributed by atoms with Crippen LogP contribution < -0.4 is 4.72 Å². The number of carbonyl (C=O) groups is 1. The highest BCUT2D eigenvalue weighted by molar-refractivity contribution is 7.93. The summed E-state index contributed by atoms with van der Waals surface area (Å²) < 4.78 is 32.4. The van der Waals surface area contributed by atoms with Gasteiger partial charge in [-0.05, 0) is 37.8 Å². The predicted molar refractivity (Wildman–Crippen MR) is 81.3 cm³/mol. The Labute approximate surface area is 125 Å². The van der Waals surface area contributed by atoms with E-state index in [1.54, 1.807) is 24.3 Å². The van der Waals surface area contributed by atoms with Crippen LogP contribution in [-0.2, 0) is 19.6 Å². The zero-order valence-corrected chi connectivity index (χ0v) is 12.5. The molecule has 1 aliphatic carbocycles. The molecule has 0 heterocycles. The van der Waals surface area contributed by atoms with Crippen LogP contribution in [0.25, 0.3) is 0 Å². The molecular formula is C15H19NO4S. The van der Waals surface area contributed by atoms with Crippen LogP contribution in [0.1, 0.15) is 25.7 Å². The van der Waals surface area contributed by atoms with Crippen molar-refractivity contribution in [3.8, 4) is 0 Å². The molecule has 21 heavy (non-hydrogen) atoms. The number of benzene rings is 1. The van der Waals surface area contributed by atoms with E-state index in [1.807, 2.05) is 12.1 Å². The van der Waals surface area contributed by atoms with Gasteiger partial charge in [-0.15, -0.1) is 0 Å². The highest BCUT2D eigenvalue weighted by Gasteiger charge is 2.30. The summed E-state index contributed by atoms with van der Waals surface area (Å²) in [6.45, 7) is 0.131. The fourth-order valence-corrected chi connectivity index (χ4v) is 3.90. The number of allylic oxidation sites excluding steroid dienone is 1. The van der Waals surface area contributed by atoms with Crippen LogP contribution in [0.2, 0.25) is 0 Å². The van der Waals surface area contributed by atoms with Crippen molar-refractivity contribution in [1.29, 1.82) is 0 Å². The Morgan fingerprint density at radius 1 is 1.24 bits per heavy atom. The van der Waals surface area contributed by atoms with Crippen LogP contribution in [0.3, 0.4) is 0 Å². The van der Waals surface area contributed by atoms with E-state index in [1.165, 1.54) is 0 Å². The Morgan fingerprint density at radius 2 is 2.00 bits per heavy atom. The molecule has 1 atom stereocenters. The van der Waals surface area contributed by atoms with E-state index in [4.69, 9.17) is 4.74 Å². The molecule has 0 aromatic heterocycles. The van der Waals surface area contributed by atoms with Gasteiger partial charge in [-0.2, -0.15) is 0 Å². The van der Waals surface area contributed by atoms with E-state index in [9.17, 15) is 13.2 Å². The Bertz CT molecular complexity index is 595. The number of nitrogens with one attached hydrogen (secondary N) is 1. The quantitative estimate of drug-likeness (QED) is 0.620. The van der Waals surface area contributed by atoms with Crippen LogP contribution in [-0.4, -0.2) is 26.7 Å². The molecule has 5 nitrogen and oxygen atoms in total. The summed E-state index contributed by atoms with van der Waals surface area (Å²) in [7, 11) is -3.65. The molecule has 0 fully saturated rings. The third kappa shape index (κ3) is 4.32. The van der Waals surface area contributed by atoms with Crippen molar-refractivity contribution in [2.75, 3.05) is 11.3 Å². The van der Waals surface area contributed by atoms with Crippen molar-refractivity contribution in [3.05, 3.63) is 42.0 Å². The lowest BCUT2D eigenvalue weighted by atomic mass is 9.97. The molecule has 2 rings (SSSR count). The molecule has 1 N–H and O–H groups in total. The Balaban J connectivity index is 2.21. The van der Waals surface area contributed by atoms with Crippen LogP contribution in [0, 0.1) is 0 Å². The lowest BCUT2D eigenvalue weighted by Crippen LogP contribution is -2.34. The number of rotatable bonds is 7. The summed E-state index contributed by atoms with van der Waals surface area (Å²) in [5.41, 5.74) is 1.33. The minimum Gasteiger partial charge on any atom is -0.466 e. The molecule has 6 heteroatoms. The van der Waals surface area contributed by atoms with Crippen molar-refractivity contribution in [3.63, 3.8) is 0 Å². The van der Waals surface area contributed by atoms with Gasteiger partial charge in [-0.3, -0.25) is 9.52 Å². The maximum atomic E-state index is 12.6. The summed E-state index contributed by atoms with van der Waals surface area (Å²) >= 11 is 0. The summed E-state index contributed by atoms with van der Waals surface area (Å²) in [6, 6.07) is 8.70. The first kappa shape index (κ1) is 15.6. The largest absolute Gasteiger partial charge is 0.466 e. The lowest BCUT2D eigenvalue weighted by molar-refractivity contribution is -0.128. The minimum absolute atomic E-state index is 0.155. The summed E-state index contributed by atoms with van der Waals surface area (Å²) in [6.07, 6.45) is 5.57. The van der Waals surface area contributed by atoms with Crippen molar-refractivity contribution in [2.45, 2.75) is 30.9 Å². The molecule has 114 valence electrons. The van der Waals surface area contributed by atoms with Gasteiger partial charge in [0.25, 0.3) is 6.47 Å². The second-order valence-electron chi connectivity index (χ2n) is 4.96. The average Bonchev–Trinajstić information content (AvgIpc) is 2.49.